The summed E-state index contributed by atoms with van der Waals surface area (Å²) in [5, 5.41) is 0. The fraction of sp³-hybridized carbons (Fsp3) is 0.154. The average molecular weight is 183 g/mol. The van der Waals surface area contributed by atoms with Gasteiger partial charge in [-0.15, -0.1) is 0 Å². The summed E-state index contributed by atoms with van der Waals surface area (Å²) in [5.41, 5.74) is 2.17. The highest BCUT2D eigenvalue weighted by Crippen LogP contribution is 2.16. The molecule has 1 nitrogen and oxygen atoms in total. The van der Waals surface area contributed by atoms with E-state index in [1.54, 1.807) is 0 Å². The molecule has 14 heavy (non-hydrogen) atoms. The maximum absolute atomic E-state index is 4.56. The predicted octanol–water partition coefficient (Wildman–Crippen LogP) is 3.52. The Morgan fingerprint density at radius 1 is 1.07 bits per heavy atom. The van der Waals surface area contributed by atoms with Crippen molar-refractivity contribution < 1.29 is 0 Å². The molecular weight excluding hydrogens is 170 g/mol. The van der Waals surface area contributed by atoms with E-state index >= 15 is 0 Å². The Hall–Kier alpha value is -1.63. The van der Waals surface area contributed by atoms with Gasteiger partial charge in [-0.2, -0.15) is 0 Å². The van der Waals surface area contributed by atoms with Crippen molar-refractivity contribution in [3.05, 3.63) is 54.6 Å². The lowest BCUT2D eigenvalue weighted by Gasteiger charge is -2.04. The Labute approximate surface area is 84.5 Å². The minimum absolute atomic E-state index is 0.384. The summed E-state index contributed by atoms with van der Waals surface area (Å²) in [4.78, 5) is 4.56. The second-order valence-corrected chi connectivity index (χ2v) is 3.38. The van der Waals surface area contributed by atoms with E-state index in [-0.39, 0.29) is 0 Å². The third kappa shape index (κ3) is 1.99. The molecule has 1 aromatic rings. The van der Waals surface area contributed by atoms with Crippen LogP contribution in [-0.2, 0) is 0 Å². The maximum atomic E-state index is 4.56. The Bertz CT molecular complexity index is 373. The highest BCUT2D eigenvalue weighted by molar-refractivity contribution is 5.90. The molecule has 1 aliphatic rings. The van der Waals surface area contributed by atoms with Gasteiger partial charge in [-0.05, 0) is 19.1 Å². The van der Waals surface area contributed by atoms with Crippen molar-refractivity contribution in [2.45, 2.75) is 6.92 Å². The molecule has 0 spiro atoms. The van der Waals surface area contributed by atoms with E-state index in [1.165, 1.54) is 0 Å². The Morgan fingerprint density at radius 3 is 2.36 bits per heavy atom. The van der Waals surface area contributed by atoms with Crippen molar-refractivity contribution in [2.24, 2.45) is 10.9 Å². The van der Waals surface area contributed by atoms with Crippen molar-refractivity contribution in [3.8, 4) is 0 Å². The van der Waals surface area contributed by atoms with Gasteiger partial charge in [0.05, 0.1) is 5.69 Å². The number of para-hydroxylation sites is 1. The van der Waals surface area contributed by atoms with Gasteiger partial charge in [0.15, 0.2) is 0 Å². The van der Waals surface area contributed by atoms with E-state index < -0.39 is 0 Å². The number of hydrogen-bond acceptors (Lipinski definition) is 1. The van der Waals surface area contributed by atoms with Crippen LogP contribution in [0.4, 0.5) is 5.69 Å². The molecule has 0 fully saturated rings. The quantitative estimate of drug-likeness (QED) is 0.622. The van der Waals surface area contributed by atoms with Crippen LogP contribution in [0.15, 0.2) is 59.6 Å². The van der Waals surface area contributed by atoms with E-state index in [2.05, 4.69) is 36.2 Å². The summed E-state index contributed by atoms with van der Waals surface area (Å²) < 4.78 is 0. The number of rotatable bonds is 2. The van der Waals surface area contributed by atoms with Gasteiger partial charge < -0.3 is 0 Å². The van der Waals surface area contributed by atoms with Crippen LogP contribution in [-0.4, -0.2) is 5.71 Å². The van der Waals surface area contributed by atoms with Crippen LogP contribution in [0.5, 0.6) is 0 Å². The predicted molar refractivity (Wildman–Crippen MR) is 61.0 cm³/mol. The molecule has 0 N–H and O–H groups in total. The van der Waals surface area contributed by atoms with Gasteiger partial charge in [-0.3, -0.25) is 4.99 Å². The van der Waals surface area contributed by atoms with Crippen molar-refractivity contribution >= 4 is 11.4 Å². The first-order chi connectivity index (χ1) is 6.86. The average Bonchev–Trinajstić information content (AvgIpc) is 2.72. The largest absolute Gasteiger partial charge is 0.257 e. The second kappa shape index (κ2) is 4.05. The van der Waals surface area contributed by atoms with Crippen LogP contribution < -0.4 is 0 Å². The second-order valence-electron chi connectivity index (χ2n) is 3.38. The van der Waals surface area contributed by atoms with Gasteiger partial charge in [-0.25, -0.2) is 0 Å². The third-order valence-electron chi connectivity index (χ3n) is 2.29. The summed E-state index contributed by atoms with van der Waals surface area (Å²) in [5.74, 6) is 0.384. The molecule has 0 amide bonds. The van der Waals surface area contributed by atoms with Crippen LogP contribution in [0, 0.1) is 5.92 Å². The molecule has 1 aromatic carbocycles. The molecule has 0 unspecified atom stereocenters. The molecule has 0 bridgehead atoms. The standard InChI is InChI=1S/C13H13N/c1-11(12-7-5-6-8-12)14-13-9-3-2-4-10-13/h2-10,12H,1H3. The first kappa shape index (κ1) is 8.95. The molecule has 0 saturated carbocycles. The summed E-state index contributed by atoms with van der Waals surface area (Å²) in [6, 6.07) is 10.1. The van der Waals surface area contributed by atoms with Gasteiger partial charge in [0, 0.05) is 11.6 Å². The van der Waals surface area contributed by atoms with Crippen LogP contribution in [0.25, 0.3) is 0 Å². The van der Waals surface area contributed by atoms with E-state index in [4.69, 9.17) is 0 Å². The zero-order valence-electron chi connectivity index (χ0n) is 8.22. The van der Waals surface area contributed by atoms with Gasteiger partial charge in [-0.1, -0.05) is 42.5 Å². The Morgan fingerprint density at radius 2 is 1.71 bits per heavy atom. The highest BCUT2D eigenvalue weighted by Gasteiger charge is 2.06. The fourth-order valence-corrected chi connectivity index (χ4v) is 1.49. The zero-order chi connectivity index (χ0) is 9.80. The fourth-order valence-electron chi connectivity index (χ4n) is 1.49. The summed E-state index contributed by atoms with van der Waals surface area (Å²) in [6.45, 7) is 2.07. The SMILES string of the molecule is CC(=Nc1ccccc1)C1C=CC=C1. The lowest BCUT2D eigenvalue weighted by atomic mass is 10.1. The van der Waals surface area contributed by atoms with Crippen LogP contribution in [0.3, 0.4) is 0 Å². The highest BCUT2D eigenvalue weighted by atomic mass is 14.7. The summed E-state index contributed by atoms with van der Waals surface area (Å²) in [7, 11) is 0. The smallest absolute Gasteiger partial charge is 0.0629 e. The lowest BCUT2D eigenvalue weighted by molar-refractivity contribution is 1.14. The molecular formula is C13H13N. The zero-order valence-corrected chi connectivity index (χ0v) is 8.22. The van der Waals surface area contributed by atoms with Crippen molar-refractivity contribution in [2.75, 3.05) is 0 Å². The molecule has 0 aromatic heterocycles. The van der Waals surface area contributed by atoms with Crippen LogP contribution in [0.2, 0.25) is 0 Å². The molecule has 2 rings (SSSR count). The molecule has 0 aliphatic heterocycles. The van der Waals surface area contributed by atoms with E-state index in [0.717, 1.165) is 11.4 Å². The molecule has 0 heterocycles. The minimum atomic E-state index is 0.384. The van der Waals surface area contributed by atoms with E-state index in [9.17, 15) is 0 Å². The number of allylic oxidation sites excluding steroid dienone is 4. The summed E-state index contributed by atoms with van der Waals surface area (Å²) in [6.07, 6.45) is 8.44. The van der Waals surface area contributed by atoms with E-state index in [1.807, 2.05) is 30.3 Å². The topological polar surface area (TPSA) is 12.4 Å². The Balaban J connectivity index is 2.18. The van der Waals surface area contributed by atoms with Crippen molar-refractivity contribution in [3.63, 3.8) is 0 Å². The Kier molecular flexibility index (Phi) is 2.59. The number of hydrogen-bond donors (Lipinski definition) is 0. The lowest BCUT2D eigenvalue weighted by Crippen LogP contribution is -2.02. The van der Waals surface area contributed by atoms with Crippen LogP contribution in [0.1, 0.15) is 6.92 Å². The van der Waals surface area contributed by atoms with Crippen molar-refractivity contribution in [1.82, 2.24) is 0 Å². The van der Waals surface area contributed by atoms with Gasteiger partial charge in [0.25, 0.3) is 0 Å². The number of nitrogens with zero attached hydrogens (tertiary/aromatic N) is 1. The van der Waals surface area contributed by atoms with E-state index in [0.29, 0.717) is 5.92 Å². The maximum Gasteiger partial charge on any atom is 0.0629 e. The van der Waals surface area contributed by atoms with Crippen LogP contribution >= 0.6 is 0 Å². The summed E-state index contributed by atoms with van der Waals surface area (Å²) >= 11 is 0. The van der Waals surface area contributed by atoms with Crippen molar-refractivity contribution in [1.29, 1.82) is 0 Å². The molecule has 1 heteroatoms. The third-order valence-corrected chi connectivity index (χ3v) is 2.29. The number of aliphatic imine (C=N–C) groups is 1. The van der Waals surface area contributed by atoms with Gasteiger partial charge in [0.2, 0.25) is 0 Å². The molecule has 0 saturated heterocycles. The number of benzene rings is 1. The molecule has 70 valence electrons. The molecule has 0 radical (unpaired) electrons. The van der Waals surface area contributed by atoms with Gasteiger partial charge >= 0.3 is 0 Å². The monoisotopic (exact) mass is 183 g/mol. The molecule has 0 atom stereocenters. The van der Waals surface area contributed by atoms with Gasteiger partial charge in [0.1, 0.15) is 0 Å². The minimum Gasteiger partial charge on any atom is -0.257 e. The normalized spacial score (nSPS) is 16.5. The first-order valence-electron chi connectivity index (χ1n) is 4.81. The molecule has 1 aliphatic carbocycles. The first-order valence-corrected chi connectivity index (χ1v) is 4.81.